The monoisotopic (exact) mass is 317 g/mol. The molecule has 2 bridgehead atoms. The Balaban J connectivity index is 1.62. The molecular weight excluding hydrogens is 298 g/mol. The van der Waals surface area contributed by atoms with Crippen LogP contribution in [0.2, 0.25) is 0 Å². The second-order valence-electron chi connectivity index (χ2n) is 6.46. The van der Waals surface area contributed by atoms with E-state index in [-0.39, 0.29) is 12.1 Å². The number of rotatable bonds is 3. The molecule has 2 aromatic rings. The maximum Gasteiger partial charge on any atom is 0.266 e. The van der Waals surface area contributed by atoms with Crippen LogP contribution in [0.1, 0.15) is 25.7 Å². The van der Waals surface area contributed by atoms with E-state index in [1.807, 2.05) is 17.5 Å². The van der Waals surface area contributed by atoms with Crippen molar-refractivity contribution in [2.24, 2.45) is 0 Å². The summed E-state index contributed by atoms with van der Waals surface area (Å²) in [6, 6.07) is 8.00. The van der Waals surface area contributed by atoms with Gasteiger partial charge in [0, 0.05) is 18.2 Å². The van der Waals surface area contributed by atoms with E-state index in [1.165, 1.54) is 4.68 Å². The van der Waals surface area contributed by atoms with Crippen LogP contribution in [0.3, 0.4) is 0 Å². The minimum Gasteiger partial charge on any atom is -0.388 e. The average molecular weight is 317 g/mol. The number of hydrogen-bond donors (Lipinski definition) is 2. The van der Waals surface area contributed by atoms with E-state index in [2.05, 4.69) is 10.4 Å². The van der Waals surface area contributed by atoms with Crippen molar-refractivity contribution in [2.75, 3.05) is 0 Å². The molecule has 0 unspecified atom stereocenters. The summed E-state index contributed by atoms with van der Waals surface area (Å²) in [5.74, 6) is 0. The molecule has 2 N–H and O–H groups in total. The standard InChI is InChI=1S/C16H19N3O2S/c20-15-6-5-13(14-2-1-7-22-14)18-19(15)10-16(21)8-11-3-4-12(9-16)17-11/h1-2,5-7,11-12,17,21H,3-4,8-10H2/t11-,12-/m0/s1. The fourth-order valence-electron chi connectivity index (χ4n) is 3.75. The van der Waals surface area contributed by atoms with Crippen LogP contribution in [0.25, 0.3) is 10.6 Å². The van der Waals surface area contributed by atoms with Gasteiger partial charge in [0.2, 0.25) is 0 Å². The number of aromatic nitrogens is 2. The van der Waals surface area contributed by atoms with Crippen molar-refractivity contribution in [3.8, 4) is 10.6 Å². The van der Waals surface area contributed by atoms with E-state index in [1.54, 1.807) is 23.5 Å². The van der Waals surface area contributed by atoms with Gasteiger partial charge >= 0.3 is 0 Å². The van der Waals surface area contributed by atoms with E-state index in [0.29, 0.717) is 24.9 Å². The van der Waals surface area contributed by atoms with Gasteiger partial charge in [-0.25, -0.2) is 4.68 Å². The number of aliphatic hydroxyl groups is 1. The normalized spacial score (nSPS) is 30.6. The van der Waals surface area contributed by atoms with Crippen LogP contribution in [0.15, 0.2) is 34.4 Å². The molecule has 2 atom stereocenters. The second kappa shape index (κ2) is 5.30. The van der Waals surface area contributed by atoms with E-state index in [9.17, 15) is 9.90 Å². The third-order valence-corrected chi connectivity index (χ3v) is 5.56. The highest BCUT2D eigenvalue weighted by atomic mass is 32.1. The highest BCUT2D eigenvalue weighted by Crippen LogP contribution is 2.34. The summed E-state index contributed by atoms with van der Waals surface area (Å²) in [6.07, 6.45) is 3.62. The predicted molar refractivity (Wildman–Crippen MR) is 85.9 cm³/mol. The van der Waals surface area contributed by atoms with Crippen molar-refractivity contribution < 1.29 is 5.11 Å². The topological polar surface area (TPSA) is 67.2 Å². The van der Waals surface area contributed by atoms with Crippen molar-refractivity contribution in [2.45, 2.75) is 49.9 Å². The maximum atomic E-state index is 12.1. The first-order chi connectivity index (χ1) is 10.6. The third kappa shape index (κ3) is 2.62. The Morgan fingerprint density at radius 1 is 1.32 bits per heavy atom. The van der Waals surface area contributed by atoms with Gasteiger partial charge in [-0.2, -0.15) is 5.10 Å². The second-order valence-corrected chi connectivity index (χ2v) is 7.41. The zero-order chi connectivity index (χ0) is 15.2. The van der Waals surface area contributed by atoms with E-state index in [0.717, 1.165) is 23.4 Å². The SMILES string of the molecule is O=c1ccc(-c2cccs2)nn1CC1(O)C[C@@H]2CC[C@@H](C1)N2. The lowest BCUT2D eigenvalue weighted by molar-refractivity contribution is -0.0249. The van der Waals surface area contributed by atoms with Gasteiger partial charge in [0.05, 0.1) is 17.0 Å². The van der Waals surface area contributed by atoms with Crippen LogP contribution in [0.4, 0.5) is 0 Å². The van der Waals surface area contributed by atoms with E-state index < -0.39 is 5.60 Å². The molecular formula is C16H19N3O2S. The molecule has 4 heterocycles. The molecule has 0 amide bonds. The van der Waals surface area contributed by atoms with E-state index >= 15 is 0 Å². The molecule has 5 nitrogen and oxygen atoms in total. The Hall–Kier alpha value is -1.50. The average Bonchev–Trinajstić information content (AvgIpc) is 3.11. The summed E-state index contributed by atoms with van der Waals surface area (Å²) in [4.78, 5) is 13.1. The molecule has 2 aliphatic rings. The smallest absolute Gasteiger partial charge is 0.266 e. The van der Waals surface area contributed by atoms with E-state index in [4.69, 9.17) is 0 Å². The number of nitrogens with one attached hydrogen (secondary N) is 1. The number of thiophene rings is 1. The van der Waals surface area contributed by atoms with Gasteiger partial charge in [0.15, 0.2) is 0 Å². The Morgan fingerprint density at radius 2 is 2.09 bits per heavy atom. The van der Waals surface area contributed by atoms with Gasteiger partial charge in [-0.05, 0) is 43.2 Å². The molecule has 116 valence electrons. The van der Waals surface area contributed by atoms with Crippen LogP contribution in [0.5, 0.6) is 0 Å². The first kappa shape index (κ1) is 14.1. The zero-order valence-electron chi connectivity index (χ0n) is 12.2. The highest BCUT2D eigenvalue weighted by Gasteiger charge is 2.42. The first-order valence-electron chi connectivity index (χ1n) is 7.72. The number of nitrogens with zero attached hydrogens (tertiary/aromatic N) is 2. The van der Waals surface area contributed by atoms with Crippen molar-refractivity contribution in [3.63, 3.8) is 0 Å². The summed E-state index contributed by atoms with van der Waals surface area (Å²) >= 11 is 1.60. The molecule has 2 aromatic heterocycles. The molecule has 22 heavy (non-hydrogen) atoms. The van der Waals surface area contributed by atoms with Crippen molar-refractivity contribution in [1.82, 2.24) is 15.1 Å². The Morgan fingerprint density at radius 3 is 2.77 bits per heavy atom. The highest BCUT2D eigenvalue weighted by molar-refractivity contribution is 7.13. The van der Waals surface area contributed by atoms with Gasteiger partial charge in [-0.1, -0.05) is 6.07 Å². The summed E-state index contributed by atoms with van der Waals surface area (Å²) in [7, 11) is 0. The molecule has 6 heteroatoms. The predicted octanol–water partition coefficient (Wildman–Crippen LogP) is 1.62. The van der Waals surface area contributed by atoms with Crippen molar-refractivity contribution in [1.29, 1.82) is 0 Å². The fourth-order valence-corrected chi connectivity index (χ4v) is 4.44. The van der Waals surface area contributed by atoms with Crippen LogP contribution < -0.4 is 10.9 Å². The van der Waals surface area contributed by atoms with Gasteiger partial charge < -0.3 is 10.4 Å². The number of hydrogen-bond acceptors (Lipinski definition) is 5. The van der Waals surface area contributed by atoms with Crippen LogP contribution in [-0.2, 0) is 6.54 Å². The summed E-state index contributed by atoms with van der Waals surface area (Å²) in [6.45, 7) is 0.278. The van der Waals surface area contributed by atoms with Crippen molar-refractivity contribution >= 4 is 11.3 Å². The molecule has 0 saturated carbocycles. The van der Waals surface area contributed by atoms with Crippen molar-refractivity contribution in [3.05, 3.63) is 40.0 Å². The molecule has 0 aromatic carbocycles. The minimum atomic E-state index is -0.831. The van der Waals surface area contributed by atoms with Crippen LogP contribution >= 0.6 is 11.3 Å². The lowest BCUT2D eigenvalue weighted by Gasteiger charge is -2.37. The molecule has 0 spiro atoms. The van der Waals surface area contributed by atoms with Gasteiger partial charge in [0.25, 0.3) is 5.56 Å². The van der Waals surface area contributed by atoms with Gasteiger partial charge in [0.1, 0.15) is 5.69 Å². The zero-order valence-corrected chi connectivity index (χ0v) is 13.1. The third-order valence-electron chi connectivity index (χ3n) is 4.67. The maximum absolute atomic E-state index is 12.1. The number of fused-ring (bicyclic) bond motifs is 2. The molecule has 0 radical (unpaired) electrons. The van der Waals surface area contributed by atoms with Crippen LogP contribution in [-0.4, -0.2) is 32.6 Å². The summed E-state index contributed by atoms with van der Waals surface area (Å²) in [5, 5.41) is 20.9. The minimum absolute atomic E-state index is 0.153. The van der Waals surface area contributed by atoms with Crippen LogP contribution in [0, 0.1) is 0 Å². The lowest BCUT2D eigenvalue weighted by atomic mass is 9.87. The Bertz CT molecular complexity index is 713. The molecule has 4 rings (SSSR count). The molecule has 2 saturated heterocycles. The largest absolute Gasteiger partial charge is 0.388 e. The quantitative estimate of drug-likeness (QED) is 0.903. The fraction of sp³-hybridized carbons (Fsp3) is 0.500. The Kier molecular flexibility index (Phi) is 3.40. The van der Waals surface area contributed by atoms with Gasteiger partial charge in [-0.3, -0.25) is 4.79 Å². The lowest BCUT2D eigenvalue weighted by Crippen LogP contribution is -2.51. The molecule has 2 fully saturated rings. The first-order valence-corrected chi connectivity index (χ1v) is 8.60. The molecule has 0 aliphatic carbocycles. The number of piperidine rings is 1. The Labute approximate surface area is 132 Å². The van der Waals surface area contributed by atoms with Gasteiger partial charge in [-0.15, -0.1) is 11.3 Å². The summed E-state index contributed by atoms with van der Waals surface area (Å²) in [5.41, 5.74) is -0.197. The molecule has 2 aliphatic heterocycles. The summed E-state index contributed by atoms with van der Waals surface area (Å²) < 4.78 is 1.43.